The molecule has 0 atom stereocenters. The normalized spacial score (nSPS) is 12.0. The minimum absolute atomic E-state index is 0.868. The molecule has 3 heteroatoms. The molecular weight excluding hydrogens is 789 g/mol. The molecule has 0 bridgehead atoms. The van der Waals surface area contributed by atoms with Crippen molar-refractivity contribution in [2.24, 2.45) is 0 Å². The second-order valence-electron chi connectivity index (χ2n) is 17.2. The van der Waals surface area contributed by atoms with Crippen LogP contribution in [-0.2, 0) is 0 Å². The average Bonchev–Trinajstić information content (AvgIpc) is 3.91. The zero-order valence-corrected chi connectivity index (χ0v) is 35.2. The van der Waals surface area contributed by atoms with Crippen LogP contribution in [0.2, 0.25) is 0 Å². The van der Waals surface area contributed by atoms with Crippen LogP contribution in [0.5, 0.6) is 0 Å². The van der Waals surface area contributed by atoms with Gasteiger partial charge in [0.05, 0.1) is 11.0 Å². The first kappa shape index (κ1) is 35.9. The Morgan fingerprint density at radius 2 is 0.831 bits per heavy atom. The van der Waals surface area contributed by atoms with Gasteiger partial charge >= 0.3 is 0 Å². The van der Waals surface area contributed by atoms with Gasteiger partial charge in [-0.25, -0.2) is 0 Å². The van der Waals surface area contributed by atoms with Crippen LogP contribution in [0.15, 0.2) is 235 Å². The number of nitrogens with zero attached hydrogens (tertiary/aromatic N) is 2. The van der Waals surface area contributed by atoms with Gasteiger partial charge in [-0.15, -0.1) is 0 Å². The summed E-state index contributed by atoms with van der Waals surface area (Å²) in [7, 11) is 0. The zero-order chi connectivity index (χ0) is 42.6. The van der Waals surface area contributed by atoms with Crippen molar-refractivity contribution >= 4 is 115 Å². The lowest BCUT2D eigenvalue weighted by Crippen LogP contribution is -2.10. The Hall–Kier alpha value is -8.66. The third-order valence-electron chi connectivity index (χ3n) is 13.7. The number of anilines is 3. The van der Waals surface area contributed by atoms with Crippen LogP contribution in [0.1, 0.15) is 0 Å². The maximum atomic E-state index is 6.86. The third kappa shape index (κ3) is 5.30. The predicted octanol–water partition coefficient (Wildman–Crippen LogP) is 17.6. The molecule has 3 nitrogen and oxygen atoms in total. The van der Waals surface area contributed by atoms with Crippen LogP contribution in [0.3, 0.4) is 0 Å². The molecule has 0 radical (unpaired) electrons. The molecule has 14 rings (SSSR count). The van der Waals surface area contributed by atoms with Gasteiger partial charge in [-0.1, -0.05) is 164 Å². The van der Waals surface area contributed by atoms with Gasteiger partial charge < -0.3 is 13.9 Å². The molecule has 0 N–H and O–H groups in total. The minimum atomic E-state index is 0.868. The molecule has 0 saturated heterocycles. The van der Waals surface area contributed by atoms with Gasteiger partial charge in [0, 0.05) is 55.9 Å². The first-order chi connectivity index (χ1) is 32.3. The highest BCUT2D eigenvalue weighted by molar-refractivity contribution is 6.31. The maximum Gasteiger partial charge on any atom is 0.138 e. The molecule has 0 spiro atoms. The van der Waals surface area contributed by atoms with E-state index in [1.807, 2.05) is 0 Å². The van der Waals surface area contributed by atoms with Crippen molar-refractivity contribution in [2.45, 2.75) is 0 Å². The van der Waals surface area contributed by atoms with Crippen LogP contribution in [-0.4, -0.2) is 4.57 Å². The van der Waals surface area contributed by atoms with E-state index in [0.717, 1.165) is 55.7 Å². The summed E-state index contributed by atoms with van der Waals surface area (Å²) >= 11 is 0. The lowest BCUT2D eigenvalue weighted by atomic mass is 9.88. The Kier molecular flexibility index (Phi) is 7.69. The second-order valence-corrected chi connectivity index (χ2v) is 17.2. The molecule has 0 fully saturated rings. The first-order valence-corrected chi connectivity index (χ1v) is 22.3. The van der Waals surface area contributed by atoms with Crippen molar-refractivity contribution in [1.82, 2.24) is 4.57 Å². The molecule has 2 heterocycles. The summed E-state index contributed by atoms with van der Waals surface area (Å²) < 4.78 is 9.30. The molecule has 0 aliphatic rings. The van der Waals surface area contributed by atoms with Gasteiger partial charge in [0.25, 0.3) is 0 Å². The zero-order valence-electron chi connectivity index (χ0n) is 35.2. The van der Waals surface area contributed by atoms with E-state index in [1.165, 1.54) is 75.8 Å². The Labute approximate surface area is 374 Å². The number of fused-ring (bicyclic) bond motifs is 15. The molecule has 0 saturated carbocycles. The molecule has 2 aromatic heterocycles. The number of hydrogen-bond acceptors (Lipinski definition) is 2. The number of furan rings is 1. The largest absolute Gasteiger partial charge is 0.456 e. The van der Waals surface area contributed by atoms with Crippen molar-refractivity contribution < 1.29 is 4.42 Å². The highest BCUT2D eigenvalue weighted by Crippen LogP contribution is 2.50. The summed E-state index contributed by atoms with van der Waals surface area (Å²) in [5.41, 5.74) is 10.7. The van der Waals surface area contributed by atoms with Crippen LogP contribution in [0, 0.1) is 0 Å². The van der Waals surface area contributed by atoms with Gasteiger partial charge in [-0.2, -0.15) is 0 Å². The molecule has 0 aliphatic carbocycles. The summed E-state index contributed by atoms with van der Waals surface area (Å²) in [4.78, 5) is 2.41. The van der Waals surface area contributed by atoms with Crippen molar-refractivity contribution in [2.75, 3.05) is 4.90 Å². The maximum absolute atomic E-state index is 6.86. The molecule has 0 amide bonds. The van der Waals surface area contributed by atoms with Crippen LogP contribution in [0.4, 0.5) is 17.1 Å². The van der Waals surface area contributed by atoms with Crippen molar-refractivity contribution in [3.63, 3.8) is 0 Å². The van der Waals surface area contributed by atoms with Gasteiger partial charge in [-0.3, -0.25) is 0 Å². The Balaban J connectivity index is 1.11. The predicted molar refractivity (Wildman–Crippen MR) is 276 cm³/mol. The SMILES string of the molecule is c1ccc(N(c2ccc3c4ccccc4c4ccccc4c3c2)c2ccc3c4c(-c5cc6ccccc6c6ccccc56)c5c(cc4n(-c4ccccc4)c3c2)oc2ccccc25)cc1. The van der Waals surface area contributed by atoms with E-state index in [0.29, 0.717) is 0 Å². The molecule has 0 unspecified atom stereocenters. The number of aromatic nitrogens is 1. The second kappa shape index (κ2) is 13.9. The first-order valence-electron chi connectivity index (χ1n) is 22.3. The van der Waals surface area contributed by atoms with E-state index < -0.39 is 0 Å². The summed E-state index contributed by atoms with van der Waals surface area (Å²) in [6.45, 7) is 0. The Morgan fingerprint density at radius 1 is 0.308 bits per heavy atom. The molecule has 14 aromatic rings. The van der Waals surface area contributed by atoms with Crippen molar-refractivity contribution in [3.8, 4) is 16.8 Å². The van der Waals surface area contributed by atoms with E-state index >= 15 is 0 Å². The monoisotopic (exact) mass is 826 g/mol. The molecule has 302 valence electrons. The number of para-hydroxylation sites is 3. The Bertz CT molecular complexity index is 4200. The minimum Gasteiger partial charge on any atom is -0.456 e. The van der Waals surface area contributed by atoms with E-state index in [2.05, 4.69) is 240 Å². The lowest BCUT2D eigenvalue weighted by Gasteiger charge is -2.26. The van der Waals surface area contributed by atoms with E-state index in [-0.39, 0.29) is 0 Å². The average molecular weight is 827 g/mol. The van der Waals surface area contributed by atoms with Gasteiger partial charge in [0.15, 0.2) is 0 Å². The van der Waals surface area contributed by atoms with Gasteiger partial charge in [0.2, 0.25) is 0 Å². The number of rotatable bonds is 5. The van der Waals surface area contributed by atoms with Crippen LogP contribution in [0.25, 0.3) is 114 Å². The summed E-state index contributed by atoms with van der Waals surface area (Å²) in [5.74, 6) is 0. The fourth-order valence-corrected chi connectivity index (χ4v) is 11.0. The quantitative estimate of drug-likeness (QED) is 0.161. The molecule has 12 aromatic carbocycles. The molecular formula is C62H38N2O. The standard InChI is InChI=1S/C62H38N2O/c1-3-18-40(19-4-1)63(42-31-33-51-48-26-11-10-24-46(48)47-25-12-13-27-49(47)54(51)36-42)43-32-34-52-56(37-43)64(41-20-5-2-6-21-41)57-38-59-61(53-29-15-16-30-58(53)65-59)62(60(52)57)55-35-39-17-7-8-22-44(39)45-23-9-14-28-50(45)55/h1-38H. The fourth-order valence-electron chi connectivity index (χ4n) is 11.0. The molecule has 65 heavy (non-hydrogen) atoms. The summed E-state index contributed by atoms with van der Waals surface area (Å²) in [6.07, 6.45) is 0. The van der Waals surface area contributed by atoms with E-state index in [1.54, 1.807) is 0 Å². The highest BCUT2D eigenvalue weighted by Gasteiger charge is 2.26. The van der Waals surface area contributed by atoms with E-state index in [4.69, 9.17) is 4.42 Å². The van der Waals surface area contributed by atoms with Crippen LogP contribution >= 0.6 is 0 Å². The number of benzene rings is 12. The molecule has 0 aliphatic heterocycles. The van der Waals surface area contributed by atoms with Crippen molar-refractivity contribution in [1.29, 1.82) is 0 Å². The highest BCUT2D eigenvalue weighted by atomic mass is 16.3. The van der Waals surface area contributed by atoms with E-state index in [9.17, 15) is 0 Å². The number of hydrogen-bond donors (Lipinski definition) is 0. The van der Waals surface area contributed by atoms with Gasteiger partial charge in [0.1, 0.15) is 11.2 Å². The lowest BCUT2D eigenvalue weighted by molar-refractivity contribution is 0.669. The van der Waals surface area contributed by atoms with Crippen molar-refractivity contribution in [3.05, 3.63) is 231 Å². The smallest absolute Gasteiger partial charge is 0.138 e. The van der Waals surface area contributed by atoms with Crippen LogP contribution < -0.4 is 4.90 Å². The topological polar surface area (TPSA) is 21.3 Å². The van der Waals surface area contributed by atoms with Gasteiger partial charge in [-0.05, 0) is 120 Å². The third-order valence-corrected chi connectivity index (χ3v) is 13.7. The summed E-state index contributed by atoms with van der Waals surface area (Å²) in [5, 5.41) is 17.1. The fraction of sp³-hybridized carbons (Fsp3) is 0. The summed E-state index contributed by atoms with van der Waals surface area (Å²) in [6, 6.07) is 84.0. The Morgan fingerprint density at radius 3 is 1.54 bits per heavy atom.